The molecule has 1 rings (SSSR count). The predicted molar refractivity (Wildman–Crippen MR) is 76.4 cm³/mol. The SMILES string of the molecule is COCCNCc1ccc(OCCC(C)(C)O)c(F)c1. The van der Waals surface area contributed by atoms with Crippen LogP contribution in [-0.4, -0.2) is 37.6 Å². The lowest BCUT2D eigenvalue weighted by atomic mass is 10.1. The average molecular weight is 285 g/mol. The largest absolute Gasteiger partial charge is 0.490 e. The molecule has 0 saturated carbocycles. The van der Waals surface area contributed by atoms with Crippen LogP contribution < -0.4 is 10.1 Å². The van der Waals surface area contributed by atoms with Crippen LogP contribution in [0.25, 0.3) is 0 Å². The van der Waals surface area contributed by atoms with Crippen molar-refractivity contribution in [3.8, 4) is 5.75 Å². The maximum atomic E-state index is 13.8. The number of ether oxygens (including phenoxy) is 2. The molecule has 0 radical (unpaired) electrons. The minimum Gasteiger partial charge on any atom is -0.490 e. The third-order valence-electron chi connectivity index (χ3n) is 2.78. The minimum atomic E-state index is -0.804. The second kappa shape index (κ2) is 8.19. The van der Waals surface area contributed by atoms with Crippen LogP contribution >= 0.6 is 0 Å². The summed E-state index contributed by atoms with van der Waals surface area (Å²) >= 11 is 0. The molecule has 0 saturated heterocycles. The zero-order valence-electron chi connectivity index (χ0n) is 12.4. The van der Waals surface area contributed by atoms with Crippen LogP contribution in [0, 0.1) is 5.82 Å². The molecule has 20 heavy (non-hydrogen) atoms. The van der Waals surface area contributed by atoms with Crippen LogP contribution in [0.2, 0.25) is 0 Å². The van der Waals surface area contributed by atoms with Gasteiger partial charge in [0.05, 0.1) is 18.8 Å². The first-order valence-corrected chi connectivity index (χ1v) is 6.75. The van der Waals surface area contributed by atoms with Crippen molar-refractivity contribution in [2.75, 3.05) is 26.9 Å². The molecule has 0 unspecified atom stereocenters. The van der Waals surface area contributed by atoms with Crippen molar-refractivity contribution < 1.29 is 19.0 Å². The van der Waals surface area contributed by atoms with E-state index in [0.717, 1.165) is 12.1 Å². The van der Waals surface area contributed by atoms with E-state index in [1.807, 2.05) is 6.07 Å². The van der Waals surface area contributed by atoms with Crippen molar-refractivity contribution >= 4 is 0 Å². The highest BCUT2D eigenvalue weighted by Gasteiger charge is 2.13. The maximum Gasteiger partial charge on any atom is 0.165 e. The van der Waals surface area contributed by atoms with Crippen LogP contribution in [0.1, 0.15) is 25.8 Å². The van der Waals surface area contributed by atoms with Crippen molar-refractivity contribution in [3.05, 3.63) is 29.6 Å². The fourth-order valence-corrected chi connectivity index (χ4v) is 1.59. The van der Waals surface area contributed by atoms with Crippen molar-refractivity contribution in [1.29, 1.82) is 0 Å². The second-order valence-corrected chi connectivity index (χ2v) is 5.35. The molecule has 0 amide bonds. The summed E-state index contributed by atoms with van der Waals surface area (Å²) in [6.07, 6.45) is 0.451. The summed E-state index contributed by atoms with van der Waals surface area (Å²) in [6.45, 7) is 5.61. The Balaban J connectivity index is 2.43. The van der Waals surface area contributed by atoms with Gasteiger partial charge >= 0.3 is 0 Å². The minimum absolute atomic E-state index is 0.217. The van der Waals surface area contributed by atoms with Gasteiger partial charge in [0, 0.05) is 26.6 Å². The molecule has 0 aliphatic heterocycles. The first kappa shape index (κ1) is 16.9. The molecule has 0 spiro atoms. The van der Waals surface area contributed by atoms with Crippen LogP contribution in [0.4, 0.5) is 4.39 Å². The monoisotopic (exact) mass is 285 g/mol. The van der Waals surface area contributed by atoms with E-state index in [0.29, 0.717) is 19.6 Å². The molecule has 0 aliphatic rings. The van der Waals surface area contributed by atoms with E-state index in [-0.39, 0.29) is 18.2 Å². The zero-order chi connectivity index (χ0) is 15.0. The second-order valence-electron chi connectivity index (χ2n) is 5.35. The van der Waals surface area contributed by atoms with E-state index in [2.05, 4.69) is 5.32 Å². The molecular formula is C15H24FNO3. The summed E-state index contributed by atoms with van der Waals surface area (Å²) in [5.74, 6) is -0.165. The number of benzene rings is 1. The average Bonchev–Trinajstić information content (AvgIpc) is 2.36. The highest BCUT2D eigenvalue weighted by molar-refractivity contribution is 5.29. The third-order valence-corrected chi connectivity index (χ3v) is 2.78. The van der Waals surface area contributed by atoms with Crippen LogP contribution in [0.3, 0.4) is 0 Å². The summed E-state index contributed by atoms with van der Waals surface area (Å²) in [7, 11) is 1.64. The standard InChI is InChI=1S/C15H24FNO3/c1-15(2,18)6-8-20-14-5-4-12(10-13(14)16)11-17-7-9-19-3/h4-5,10,17-18H,6-9,11H2,1-3H3. The Morgan fingerprint density at radius 1 is 1.30 bits per heavy atom. The molecule has 5 heteroatoms. The van der Waals surface area contributed by atoms with Crippen molar-refractivity contribution in [1.82, 2.24) is 5.32 Å². The van der Waals surface area contributed by atoms with E-state index in [4.69, 9.17) is 9.47 Å². The first-order valence-electron chi connectivity index (χ1n) is 6.75. The van der Waals surface area contributed by atoms with E-state index in [1.165, 1.54) is 6.07 Å². The van der Waals surface area contributed by atoms with Gasteiger partial charge < -0.3 is 19.9 Å². The summed E-state index contributed by atoms with van der Waals surface area (Å²) in [5.41, 5.74) is 0.0512. The topological polar surface area (TPSA) is 50.7 Å². The molecule has 114 valence electrons. The van der Waals surface area contributed by atoms with Gasteiger partial charge in [-0.05, 0) is 31.5 Å². The Hall–Kier alpha value is -1.17. The summed E-state index contributed by atoms with van der Waals surface area (Å²) in [5, 5.41) is 12.7. The highest BCUT2D eigenvalue weighted by atomic mass is 19.1. The normalized spacial score (nSPS) is 11.7. The molecule has 4 nitrogen and oxygen atoms in total. The fraction of sp³-hybridized carbons (Fsp3) is 0.600. The Morgan fingerprint density at radius 3 is 2.65 bits per heavy atom. The van der Waals surface area contributed by atoms with Crippen molar-refractivity contribution in [3.63, 3.8) is 0 Å². The van der Waals surface area contributed by atoms with Gasteiger partial charge in [-0.3, -0.25) is 0 Å². The Morgan fingerprint density at radius 2 is 2.05 bits per heavy atom. The number of nitrogens with one attached hydrogen (secondary N) is 1. The number of halogens is 1. The Bertz CT molecular complexity index is 405. The quantitative estimate of drug-likeness (QED) is 0.682. The van der Waals surface area contributed by atoms with E-state index in [9.17, 15) is 9.50 Å². The molecule has 0 atom stereocenters. The third kappa shape index (κ3) is 6.84. The molecule has 0 bridgehead atoms. The molecule has 1 aromatic rings. The summed E-state index contributed by atoms with van der Waals surface area (Å²) < 4.78 is 24.1. The molecule has 0 heterocycles. The van der Waals surface area contributed by atoms with Gasteiger partial charge in [0.15, 0.2) is 11.6 Å². The maximum absolute atomic E-state index is 13.8. The summed E-state index contributed by atoms with van der Waals surface area (Å²) in [4.78, 5) is 0. The van der Waals surface area contributed by atoms with Crippen LogP contribution in [0.15, 0.2) is 18.2 Å². The predicted octanol–water partition coefficient (Wildman–Crippen LogP) is 2.10. The molecule has 1 aromatic carbocycles. The molecule has 0 fully saturated rings. The van der Waals surface area contributed by atoms with Gasteiger partial charge in [-0.1, -0.05) is 6.07 Å². The molecule has 2 N–H and O–H groups in total. The molecule has 0 aliphatic carbocycles. The van der Waals surface area contributed by atoms with Gasteiger partial charge in [0.25, 0.3) is 0 Å². The lowest BCUT2D eigenvalue weighted by Crippen LogP contribution is -2.22. The van der Waals surface area contributed by atoms with Gasteiger partial charge in [-0.2, -0.15) is 0 Å². The number of hydrogen-bond donors (Lipinski definition) is 2. The Labute approximate surface area is 119 Å². The Kier molecular flexibility index (Phi) is 6.91. The smallest absolute Gasteiger partial charge is 0.165 e. The first-order chi connectivity index (χ1) is 9.42. The highest BCUT2D eigenvalue weighted by Crippen LogP contribution is 2.19. The van der Waals surface area contributed by atoms with Crippen molar-refractivity contribution in [2.45, 2.75) is 32.4 Å². The number of aliphatic hydroxyl groups is 1. The van der Waals surface area contributed by atoms with Crippen LogP contribution in [-0.2, 0) is 11.3 Å². The fourth-order valence-electron chi connectivity index (χ4n) is 1.59. The van der Waals surface area contributed by atoms with Gasteiger partial charge in [-0.15, -0.1) is 0 Å². The molecular weight excluding hydrogens is 261 g/mol. The van der Waals surface area contributed by atoms with Crippen molar-refractivity contribution in [2.24, 2.45) is 0 Å². The van der Waals surface area contributed by atoms with E-state index in [1.54, 1.807) is 27.0 Å². The lowest BCUT2D eigenvalue weighted by molar-refractivity contribution is 0.0547. The summed E-state index contributed by atoms with van der Waals surface area (Å²) in [6, 6.07) is 4.90. The number of hydrogen-bond acceptors (Lipinski definition) is 4. The van der Waals surface area contributed by atoms with Gasteiger partial charge in [0.2, 0.25) is 0 Å². The molecule has 0 aromatic heterocycles. The zero-order valence-corrected chi connectivity index (χ0v) is 12.4. The van der Waals surface area contributed by atoms with Crippen LogP contribution in [0.5, 0.6) is 5.75 Å². The number of rotatable bonds is 9. The van der Waals surface area contributed by atoms with E-state index >= 15 is 0 Å². The van der Waals surface area contributed by atoms with Gasteiger partial charge in [0.1, 0.15) is 0 Å². The number of methoxy groups -OCH3 is 1. The van der Waals surface area contributed by atoms with Gasteiger partial charge in [-0.25, -0.2) is 4.39 Å². The van der Waals surface area contributed by atoms with E-state index < -0.39 is 5.60 Å². The lowest BCUT2D eigenvalue weighted by Gasteiger charge is -2.17.